The van der Waals surface area contributed by atoms with Crippen LogP contribution >= 0.6 is 0 Å². The molecule has 0 bridgehead atoms. The van der Waals surface area contributed by atoms with Gasteiger partial charge in [-0.05, 0) is 52.2 Å². The fourth-order valence-corrected chi connectivity index (χ4v) is 4.91. The van der Waals surface area contributed by atoms with Gasteiger partial charge in [0.2, 0.25) is 10.0 Å². The van der Waals surface area contributed by atoms with E-state index in [1.165, 1.54) is 0 Å². The molecule has 0 spiro atoms. The van der Waals surface area contributed by atoms with Crippen LogP contribution in [0.25, 0.3) is 0 Å². The molecule has 0 aromatic heterocycles. The van der Waals surface area contributed by atoms with E-state index in [0.717, 1.165) is 24.8 Å². The van der Waals surface area contributed by atoms with E-state index in [4.69, 9.17) is 0 Å². The summed E-state index contributed by atoms with van der Waals surface area (Å²) in [6.07, 6.45) is 3.00. The number of nitrogens with zero attached hydrogens (tertiary/aromatic N) is 1. The van der Waals surface area contributed by atoms with Crippen LogP contribution in [0.5, 0.6) is 0 Å². The van der Waals surface area contributed by atoms with Gasteiger partial charge < -0.3 is 10.6 Å². The lowest BCUT2D eigenvalue weighted by atomic mass is 10.0. The molecule has 7 nitrogen and oxygen atoms in total. The minimum atomic E-state index is -3.57. The van der Waals surface area contributed by atoms with Crippen molar-refractivity contribution in [2.75, 3.05) is 13.1 Å². The third-order valence-electron chi connectivity index (χ3n) is 4.59. The molecule has 2 N–H and O–H groups in total. The fourth-order valence-electron chi connectivity index (χ4n) is 3.18. The molecule has 1 atom stereocenters. The Labute approximate surface area is 161 Å². The number of benzene rings is 1. The van der Waals surface area contributed by atoms with E-state index in [1.54, 1.807) is 42.4 Å². The first-order valence-electron chi connectivity index (χ1n) is 9.39. The average Bonchev–Trinajstić information content (AvgIpc) is 2.61. The molecule has 2 amide bonds. The lowest BCUT2D eigenvalue weighted by Crippen LogP contribution is -2.47. The molecule has 1 aliphatic heterocycles. The van der Waals surface area contributed by atoms with Crippen LogP contribution < -0.4 is 10.6 Å². The number of rotatable bonds is 6. The van der Waals surface area contributed by atoms with Gasteiger partial charge in [0.1, 0.15) is 0 Å². The van der Waals surface area contributed by atoms with E-state index >= 15 is 0 Å². The van der Waals surface area contributed by atoms with Crippen molar-refractivity contribution in [3.63, 3.8) is 0 Å². The van der Waals surface area contributed by atoms with Gasteiger partial charge in [0.15, 0.2) is 0 Å². The second-order valence-corrected chi connectivity index (χ2v) is 9.14. The second-order valence-electron chi connectivity index (χ2n) is 7.25. The Morgan fingerprint density at radius 1 is 1.15 bits per heavy atom. The van der Waals surface area contributed by atoms with Crippen LogP contribution in [-0.2, 0) is 19.6 Å². The Kier molecular flexibility index (Phi) is 7.38. The van der Waals surface area contributed by atoms with Crippen molar-refractivity contribution in [2.24, 2.45) is 0 Å². The van der Waals surface area contributed by atoms with Crippen molar-refractivity contribution in [3.8, 4) is 0 Å². The number of hydrogen-bond acceptors (Lipinski definition) is 4. The second kappa shape index (κ2) is 9.32. The van der Waals surface area contributed by atoms with Crippen LogP contribution in [0.3, 0.4) is 0 Å². The summed E-state index contributed by atoms with van der Waals surface area (Å²) in [5.74, 6) is -1.36. The molecule has 0 radical (unpaired) electrons. The minimum absolute atomic E-state index is 0.114. The van der Waals surface area contributed by atoms with Gasteiger partial charge in [0.25, 0.3) is 0 Å². The smallest absolute Gasteiger partial charge is 0.309 e. The number of hydrogen-bond donors (Lipinski definition) is 2. The Morgan fingerprint density at radius 2 is 1.81 bits per heavy atom. The fraction of sp³-hybridized carbons (Fsp3) is 0.579. The van der Waals surface area contributed by atoms with Crippen molar-refractivity contribution in [1.82, 2.24) is 14.9 Å². The number of aryl methyl sites for hydroxylation is 1. The lowest BCUT2D eigenvalue weighted by Gasteiger charge is -2.34. The monoisotopic (exact) mass is 395 g/mol. The molecular formula is C19H29N3O4S. The molecule has 1 saturated heterocycles. The Hall–Kier alpha value is -1.93. The first-order valence-corrected chi connectivity index (χ1v) is 10.8. The van der Waals surface area contributed by atoms with Crippen LogP contribution in [0.15, 0.2) is 29.2 Å². The number of nitrogens with one attached hydrogen (secondary N) is 2. The zero-order chi connectivity index (χ0) is 20.0. The van der Waals surface area contributed by atoms with Gasteiger partial charge >= 0.3 is 11.8 Å². The van der Waals surface area contributed by atoms with Crippen molar-refractivity contribution in [2.45, 2.75) is 63.4 Å². The first kappa shape index (κ1) is 21.4. The van der Waals surface area contributed by atoms with Gasteiger partial charge in [-0.25, -0.2) is 8.42 Å². The Balaban J connectivity index is 1.99. The van der Waals surface area contributed by atoms with Crippen molar-refractivity contribution in [1.29, 1.82) is 0 Å². The average molecular weight is 396 g/mol. The Morgan fingerprint density at radius 3 is 2.44 bits per heavy atom. The van der Waals surface area contributed by atoms with E-state index in [0.29, 0.717) is 17.9 Å². The third kappa shape index (κ3) is 5.77. The predicted octanol–water partition coefficient (Wildman–Crippen LogP) is 1.57. The summed E-state index contributed by atoms with van der Waals surface area (Å²) in [4.78, 5) is 23.7. The third-order valence-corrected chi connectivity index (χ3v) is 6.56. The molecule has 8 heteroatoms. The van der Waals surface area contributed by atoms with Crippen LogP contribution in [0.1, 0.15) is 45.1 Å². The van der Waals surface area contributed by atoms with Gasteiger partial charge in [-0.3, -0.25) is 9.59 Å². The van der Waals surface area contributed by atoms with E-state index in [9.17, 15) is 18.0 Å². The summed E-state index contributed by atoms with van der Waals surface area (Å²) in [6.45, 7) is 6.21. The highest BCUT2D eigenvalue weighted by atomic mass is 32.2. The number of carbonyl (C=O) groups excluding carboxylic acids is 2. The summed E-state index contributed by atoms with van der Waals surface area (Å²) in [6, 6.07) is 6.55. The predicted molar refractivity (Wildman–Crippen MR) is 104 cm³/mol. The van der Waals surface area contributed by atoms with E-state index in [1.807, 2.05) is 6.92 Å². The van der Waals surface area contributed by atoms with Crippen molar-refractivity contribution in [3.05, 3.63) is 29.8 Å². The van der Waals surface area contributed by atoms with E-state index in [2.05, 4.69) is 10.6 Å². The molecule has 0 saturated carbocycles. The summed E-state index contributed by atoms with van der Waals surface area (Å²) >= 11 is 0. The SMILES string of the molecule is Cc1ccc(S(=O)(=O)N2CCCC[C@@H]2CCNC(=O)C(=O)NC(C)C)cc1. The number of sulfonamides is 1. The van der Waals surface area contributed by atoms with Crippen LogP contribution in [0.2, 0.25) is 0 Å². The number of amides is 2. The molecule has 1 heterocycles. The Bertz CT molecular complexity index is 760. The first-order chi connectivity index (χ1) is 12.7. The molecule has 1 aromatic rings. The standard InChI is InChI=1S/C19H29N3O4S/c1-14(2)21-19(24)18(23)20-12-11-16-6-4-5-13-22(16)27(25,26)17-9-7-15(3)8-10-17/h7-10,14,16H,4-6,11-13H2,1-3H3,(H,20,23)(H,21,24)/t16-/m1/s1. The summed E-state index contributed by atoms with van der Waals surface area (Å²) in [5, 5.41) is 5.11. The molecule has 0 unspecified atom stereocenters. The lowest BCUT2D eigenvalue weighted by molar-refractivity contribution is -0.139. The number of carbonyl (C=O) groups is 2. The van der Waals surface area contributed by atoms with Gasteiger partial charge in [-0.15, -0.1) is 0 Å². The van der Waals surface area contributed by atoms with E-state index < -0.39 is 21.8 Å². The summed E-state index contributed by atoms with van der Waals surface area (Å²) in [5.41, 5.74) is 1.01. The van der Waals surface area contributed by atoms with Gasteiger partial charge in [-0.1, -0.05) is 24.1 Å². The molecular weight excluding hydrogens is 366 g/mol. The van der Waals surface area contributed by atoms with Crippen LogP contribution in [0, 0.1) is 6.92 Å². The highest BCUT2D eigenvalue weighted by molar-refractivity contribution is 7.89. The maximum absolute atomic E-state index is 13.0. The molecule has 2 rings (SSSR count). The van der Waals surface area contributed by atoms with Crippen molar-refractivity contribution < 1.29 is 18.0 Å². The molecule has 1 fully saturated rings. The molecule has 1 aliphatic rings. The maximum Gasteiger partial charge on any atom is 0.309 e. The molecule has 150 valence electrons. The van der Waals surface area contributed by atoms with E-state index in [-0.39, 0.29) is 18.6 Å². The molecule has 27 heavy (non-hydrogen) atoms. The minimum Gasteiger partial charge on any atom is -0.348 e. The quantitative estimate of drug-likeness (QED) is 0.715. The number of piperidine rings is 1. The molecule has 1 aromatic carbocycles. The van der Waals surface area contributed by atoms with Crippen molar-refractivity contribution >= 4 is 21.8 Å². The zero-order valence-corrected chi connectivity index (χ0v) is 17.0. The summed E-state index contributed by atoms with van der Waals surface area (Å²) < 4.78 is 27.6. The van der Waals surface area contributed by atoms with Crippen LogP contribution in [-0.4, -0.2) is 49.7 Å². The van der Waals surface area contributed by atoms with Crippen LogP contribution in [0.4, 0.5) is 0 Å². The topological polar surface area (TPSA) is 95.6 Å². The van der Waals surface area contributed by atoms with Gasteiger partial charge in [0, 0.05) is 25.2 Å². The largest absolute Gasteiger partial charge is 0.348 e. The highest BCUT2D eigenvalue weighted by Gasteiger charge is 2.33. The maximum atomic E-state index is 13.0. The van der Waals surface area contributed by atoms with Gasteiger partial charge in [-0.2, -0.15) is 4.31 Å². The summed E-state index contributed by atoms with van der Waals surface area (Å²) in [7, 11) is -3.57. The zero-order valence-electron chi connectivity index (χ0n) is 16.2. The normalized spacial score (nSPS) is 18.3. The van der Waals surface area contributed by atoms with Gasteiger partial charge in [0.05, 0.1) is 4.90 Å². The molecule has 0 aliphatic carbocycles. The highest BCUT2D eigenvalue weighted by Crippen LogP contribution is 2.27.